The number of anilines is 1. The molecule has 0 spiro atoms. The fourth-order valence-electron chi connectivity index (χ4n) is 2.74. The molecule has 0 saturated carbocycles. The Labute approximate surface area is 168 Å². The van der Waals surface area contributed by atoms with Gasteiger partial charge in [0.15, 0.2) is 6.10 Å². The number of esters is 1. The number of hydrogen-bond acceptors (Lipinski definition) is 5. The molecule has 28 heavy (non-hydrogen) atoms. The van der Waals surface area contributed by atoms with Crippen LogP contribution in [0.4, 0.5) is 5.82 Å². The van der Waals surface area contributed by atoms with E-state index < -0.39 is 12.1 Å². The van der Waals surface area contributed by atoms with Gasteiger partial charge in [0, 0.05) is 17.0 Å². The van der Waals surface area contributed by atoms with Crippen LogP contribution in [0.5, 0.6) is 0 Å². The summed E-state index contributed by atoms with van der Waals surface area (Å²) in [5.74, 6) is -0.0991. The topological polar surface area (TPSA) is 73.2 Å². The smallest absolute Gasteiger partial charge is 0.317 e. The normalized spacial score (nSPS) is 12.1. The van der Waals surface area contributed by atoms with E-state index in [0.717, 1.165) is 15.7 Å². The Bertz CT molecular complexity index is 984. The third-order valence-electron chi connectivity index (χ3n) is 4.17. The van der Waals surface area contributed by atoms with Gasteiger partial charge in [-0.05, 0) is 43.7 Å². The molecule has 3 aromatic rings. The molecular formula is C21H23N3O3S. The number of nitrogens with zero attached hydrogens (tertiary/aromatic N) is 2. The van der Waals surface area contributed by atoms with Crippen LogP contribution in [0.15, 0.2) is 59.6 Å². The predicted molar refractivity (Wildman–Crippen MR) is 111 cm³/mol. The number of amides is 1. The highest BCUT2D eigenvalue weighted by Crippen LogP contribution is 2.24. The first-order chi connectivity index (χ1) is 13.4. The van der Waals surface area contributed by atoms with Crippen molar-refractivity contribution < 1.29 is 14.3 Å². The molecule has 1 amide bonds. The fourth-order valence-corrected chi connectivity index (χ4v) is 3.46. The summed E-state index contributed by atoms with van der Waals surface area (Å²) in [6, 6.07) is 15.9. The van der Waals surface area contributed by atoms with Crippen molar-refractivity contribution in [1.29, 1.82) is 0 Å². The van der Waals surface area contributed by atoms with Crippen LogP contribution in [0.2, 0.25) is 0 Å². The van der Waals surface area contributed by atoms with Gasteiger partial charge < -0.3 is 10.1 Å². The highest BCUT2D eigenvalue weighted by atomic mass is 32.2. The van der Waals surface area contributed by atoms with Crippen LogP contribution in [0.1, 0.15) is 26.8 Å². The molecule has 0 unspecified atom stereocenters. The van der Waals surface area contributed by atoms with Crippen molar-refractivity contribution in [2.45, 2.75) is 37.8 Å². The van der Waals surface area contributed by atoms with Gasteiger partial charge in [0.05, 0.1) is 11.9 Å². The molecule has 1 N–H and O–H groups in total. The summed E-state index contributed by atoms with van der Waals surface area (Å²) in [4.78, 5) is 25.4. The van der Waals surface area contributed by atoms with Crippen molar-refractivity contribution >= 4 is 40.2 Å². The Morgan fingerprint density at radius 1 is 1.11 bits per heavy atom. The van der Waals surface area contributed by atoms with E-state index >= 15 is 0 Å². The maximum Gasteiger partial charge on any atom is 0.317 e. The lowest BCUT2D eigenvalue weighted by Crippen LogP contribution is -2.31. The van der Waals surface area contributed by atoms with Crippen LogP contribution in [0.25, 0.3) is 10.8 Å². The Morgan fingerprint density at radius 3 is 2.61 bits per heavy atom. The molecule has 0 fully saturated rings. The van der Waals surface area contributed by atoms with E-state index in [1.165, 1.54) is 11.8 Å². The Hall–Kier alpha value is -2.80. The van der Waals surface area contributed by atoms with Gasteiger partial charge >= 0.3 is 5.97 Å². The molecule has 1 atom stereocenters. The first kappa shape index (κ1) is 19.9. The van der Waals surface area contributed by atoms with Crippen molar-refractivity contribution in [2.24, 2.45) is 0 Å². The number of nitrogens with one attached hydrogen (secondary N) is 1. The average molecular weight is 398 g/mol. The predicted octanol–water partition coefficient (Wildman–Crippen LogP) is 4.28. The molecule has 0 aliphatic heterocycles. The molecule has 0 aliphatic rings. The Kier molecular flexibility index (Phi) is 6.36. The zero-order valence-electron chi connectivity index (χ0n) is 16.1. The number of ether oxygens (including phenoxy) is 1. The van der Waals surface area contributed by atoms with E-state index in [1.54, 1.807) is 23.9 Å². The summed E-state index contributed by atoms with van der Waals surface area (Å²) in [6.45, 7) is 5.50. The zero-order valence-corrected chi connectivity index (χ0v) is 16.9. The van der Waals surface area contributed by atoms with Crippen molar-refractivity contribution in [2.75, 3.05) is 11.1 Å². The lowest BCUT2D eigenvalue weighted by molar-refractivity contribution is -0.150. The van der Waals surface area contributed by atoms with Gasteiger partial charge in [-0.1, -0.05) is 30.3 Å². The number of rotatable bonds is 7. The summed E-state index contributed by atoms with van der Waals surface area (Å²) in [7, 11) is 0. The van der Waals surface area contributed by atoms with Crippen molar-refractivity contribution in [3.05, 3.63) is 54.7 Å². The first-order valence-corrected chi connectivity index (χ1v) is 10.1. The average Bonchev–Trinajstić information content (AvgIpc) is 3.14. The fraction of sp³-hybridized carbons (Fsp3) is 0.286. The monoisotopic (exact) mass is 397 g/mol. The molecule has 6 nitrogen and oxygen atoms in total. The first-order valence-electron chi connectivity index (χ1n) is 9.09. The standard InChI is InChI=1S/C21H23N3O3S/c1-14(2)24-19(10-11-22-24)23-21(26)15(3)27-20(25)13-28-18-9-8-16-6-4-5-7-17(16)12-18/h4-12,14-15H,13H2,1-3H3,(H,23,26)/t15-/m0/s1. The zero-order chi connectivity index (χ0) is 20.1. The highest BCUT2D eigenvalue weighted by Gasteiger charge is 2.20. The molecule has 7 heteroatoms. The van der Waals surface area contributed by atoms with E-state index in [9.17, 15) is 9.59 Å². The number of fused-ring (bicyclic) bond motifs is 1. The lowest BCUT2D eigenvalue weighted by atomic mass is 10.1. The largest absolute Gasteiger partial charge is 0.452 e. The second-order valence-corrected chi connectivity index (χ2v) is 7.72. The van der Waals surface area contributed by atoms with Crippen LogP contribution in [0, 0.1) is 0 Å². The van der Waals surface area contributed by atoms with Gasteiger partial charge in [-0.2, -0.15) is 5.10 Å². The van der Waals surface area contributed by atoms with Crippen LogP contribution in [0.3, 0.4) is 0 Å². The van der Waals surface area contributed by atoms with Gasteiger partial charge in [-0.3, -0.25) is 9.59 Å². The van der Waals surface area contributed by atoms with Crippen LogP contribution < -0.4 is 5.32 Å². The molecule has 2 aromatic carbocycles. The van der Waals surface area contributed by atoms with Crippen molar-refractivity contribution in [3.8, 4) is 0 Å². The molecule has 0 saturated heterocycles. The molecule has 1 aromatic heterocycles. The summed E-state index contributed by atoms with van der Waals surface area (Å²) >= 11 is 1.39. The molecule has 0 radical (unpaired) electrons. The highest BCUT2D eigenvalue weighted by molar-refractivity contribution is 8.00. The van der Waals surface area contributed by atoms with Gasteiger partial charge in [-0.15, -0.1) is 11.8 Å². The van der Waals surface area contributed by atoms with Gasteiger partial charge in [0.25, 0.3) is 5.91 Å². The third-order valence-corrected chi connectivity index (χ3v) is 5.13. The second-order valence-electron chi connectivity index (χ2n) is 6.67. The molecule has 1 heterocycles. The lowest BCUT2D eigenvalue weighted by Gasteiger charge is -2.15. The minimum Gasteiger partial charge on any atom is -0.452 e. The van der Waals surface area contributed by atoms with Gasteiger partial charge in [-0.25, -0.2) is 4.68 Å². The van der Waals surface area contributed by atoms with E-state index in [2.05, 4.69) is 10.4 Å². The molecule has 0 aliphatic carbocycles. The molecular weight excluding hydrogens is 374 g/mol. The molecule has 0 bridgehead atoms. The Balaban J connectivity index is 1.51. The maximum absolute atomic E-state index is 12.3. The van der Waals surface area contributed by atoms with Crippen LogP contribution in [-0.2, 0) is 14.3 Å². The number of thioether (sulfide) groups is 1. The second kappa shape index (κ2) is 8.93. The van der Waals surface area contributed by atoms with Gasteiger partial charge in [0.1, 0.15) is 5.82 Å². The number of hydrogen-bond donors (Lipinski definition) is 1. The van der Waals surface area contributed by atoms with Crippen molar-refractivity contribution in [1.82, 2.24) is 9.78 Å². The summed E-state index contributed by atoms with van der Waals surface area (Å²) in [6.07, 6.45) is 0.729. The maximum atomic E-state index is 12.3. The Morgan fingerprint density at radius 2 is 1.86 bits per heavy atom. The van der Waals surface area contributed by atoms with E-state index in [0.29, 0.717) is 5.82 Å². The minimum absolute atomic E-state index is 0.113. The molecule has 146 valence electrons. The van der Waals surface area contributed by atoms with Crippen LogP contribution in [-0.4, -0.2) is 33.5 Å². The van der Waals surface area contributed by atoms with E-state index in [4.69, 9.17) is 4.74 Å². The third kappa shape index (κ3) is 4.92. The quantitative estimate of drug-likeness (QED) is 0.476. The van der Waals surface area contributed by atoms with Crippen molar-refractivity contribution in [3.63, 3.8) is 0 Å². The summed E-state index contributed by atoms with van der Waals surface area (Å²) < 4.78 is 6.97. The molecule has 3 rings (SSSR count). The van der Waals surface area contributed by atoms with E-state index in [-0.39, 0.29) is 17.7 Å². The number of carbonyl (C=O) groups is 2. The number of aromatic nitrogens is 2. The van der Waals surface area contributed by atoms with E-state index in [1.807, 2.05) is 56.3 Å². The summed E-state index contributed by atoms with van der Waals surface area (Å²) in [5.41, 5.74) is 0. The number of carbonyl (C=O) groups excluding carboxylic acids is 2. The van der Waals surface area contributed by atoms with Crippen LogP contribution >= 0.6 is 11.8 Å². The minimum atomic E-state index is -0.889. The summed E-state index contributed by atoms with van der Waals surface area (Å²) in [5, 5.41) is 9.19. The number of benzene rings is 2. The SMILES string of the molecule is CC(C)n1nccc1NC(=O)[C@H](C)OC(=O)CSc1ccc2ccccc2c1. The van der Waals surface area contributed by atoms with Gasteiger partial charge in [0.2, 0.25) is 0 Å².